The predicted octanol–water partition coefficient (Wildman–Crippen LogP) is 2.44. The van der Waals surface area contributed by atoms with Crippen LogP contribution >= 0.6 is 11.3 Å². The summed E-state index contributed by atoms with van der Waals surface area (Å²) in [4.78, 5) is 16.0. The molecule has 1 saturated carbocycles. The molecule has 1 aromatic heterocycles. The maximum Gasteiger partial charge on any atom is 0.220 e. The fraction of sp³-hybridized carbons (Fsp3) is 0.667. The van der Waals surface area contributed by atoms with Crippen molar-refractivity contribution in [3.63, 3.8) is 0 Å². The standard InChI is InChI=1S/C12H18N2OS/c1-9-8-16-12(13-9)7-6-11(15)14-10-4-2-3-5-10/h8,10H,2-7H2,1H3,(H,14,15). The van der Waals surface area contributed by atoms with Gasteiger partial charge in [0.2, 0.25) is 5.91 Å². The highest BCUT2D eigenvalue weighted by Crippen LogP contribution is 2.18. The molecule has 0 bridgehead atoms. The molecule has 16 heavy (non-hydrogen) atoms. The van der Waals surface area contributed by atoms with Gasteiger partial charge in [-0.3, -0.25) is 4.79 Å². The van der Waals surface area contributed by atoms with Crippen LogP contribution in [0.5, 0.6) is 0 Å². The molecule has 0 aromatic carbocycles. The zero-order chi connectivity index (χ0) is 11.4. The lowest BCUT2D eigenvalue weighted by atomic mass is 10.2. The van der Waals surface area contributed by atoms with Gasteiger partial charge in [0, 0.05) is 30.0 Å². The minimum Gasteiger partial charge on any atom is -0.353 e. The number of hydrogen-bond acceptors (Lipinski definition) is 3. The molecule has 0 aliphatic heterocycles. The molecule has 0 unspecified atom stereocenters. The van der Waals surface area contributed by atoms with Gasteiger partial charge in [-0.25, -0.2) is 4.98 Å². The highest BCUT2D eigenvalue weighted by atomic mass is 32.1. The van der Waals surface area contributed by atoms with E-state index in [-0.39, 0.29) is 5.91 Å². The van der Waals surface area contributed by atoms with E-state index in [2.05, 4.69) is 10.3 Å². The number of nitrogens with one attached hydrogen (secondary N) is 1. The maximum atomic E-state index is 11.6. The van der Waals surface area contributed by atoms with E-state index in [1.807, 2.05) is 12.3 Å². The first kappa shape index (κ1) is 11.6. The van der Waals surface area contributed by atoms with Crippen LogP contribution in [-0.4, -0.2) is 16.9 Å². The smallest absolute Gasteiger partial charge is 0.220 e. The summed E-state index contributed by atoms with van der Waals surface area (Å²) in [5.74, 6) is 0.180. The summed E-state index contributed by atoms with van der Waals surface area (Å²) in [6.45, 7) is 1.98. The molecule has 0 saturated heterocycles. The SMILES string of the molecule is Cc1csc(CCC(=O)NC2CCCC2)n1. The molecule has 3 nitrogen and oxygen atoms in total. The fourth-order valence-corrected chi connectivity index (χ4v) is 2.88. The summed E-state index contributed by atoms with van der Waals surface area (Å²) in [6, 6.07) is 0.436. The predicted molar refractivity (Wildman–Crippen MR) is 65.6 cm³/mol. The highest BCUT2D eigenvalue weighted by molar-refractivity contribution is 7.09. The van der Waals surface area contributed by atoms with Crippen molar-refractivity contribution in [1.82, 2.24) is 10.3 Å². The Kier molecular flexibility index (Phi) is 3.93. The quantitative estimate of drug-likeness (QED) is 0.875. The van der Waals surface area contributed by atoms with Crippen molar-refractivity contribution >= 4 is 17.2 Å². The molecule has 0 atom stereocenters. The highest BCUT2D eigenvalue weighted by Gasteiger charge is 2.16. The summed E-state index contributed by atoms with van der Waals surface area (Å²) >= 11 is 1.64. The number of rotatable bonds is 4. The molecule has 1 amide bonds. The molecule has 2 rings (SSSR count). The van der Waals surface area contributed by atoms with Crippen LogP contribution in [0.25, 0.3) is 0 Å². The lowest BCUT2D eigenvalue weighted by Gasteiger charge is -2.10. The second kappa shape index (κ2) is 5.43. The lowest BCUT2D eigenvalue weighted by Crippen LogP contribution is -2.32. The number of thiazole rings is 1. The van der Waals surface area contributed by atoms with Crippen LogP contribution < -0.4 is 5.32 Å². The fourth-order valence-electron chi connectivity index (χ4n) is 2.11. The van der Waals surface area contributed by atoms with E-state index in [0.29, 0.717) is 12.5 Å². The van der Waals surface area contributed by atoms with Gasteiger partial charge < -0.3 is 5.32 Å². The van der Waals surface area contributed by atoms with Crippen LogP contribution in [0.1, 0.15) is 42.8 Å². The summed E-state index contributed by atoms with van der Waals surface area (Å²) in [5, 5.41) is 6.19. The first-order valence-corrected chi connectivity index (χ1v) is 6.82. The van der Waals surface area contributed by atoms with E-state index in [4.69, 9.17) is 0 Å². The first-order valence-electron chi connectivity index (χ1n) is 5.94. The molecule has 1 aliphatic rings. The van der Waals surface area contributed by atoms with Gasteiger partial charge in [0.1, 0.15) is 0 Å². The van der Waals surface area contributed by atoms with Crippen LogP contribution in [-0.2, 0) is 11.2 Å². The molecule has 0 spiro atoms. The lowest BCUT2D eigenvalue weighted by molar-refractivity contribution is -0.121. The van der Waals surface area contributed by atoms with E-state index in [1.165, 1.54) is 12.8 Å². The van der Waals surface area contributed by atoms with Gasteiger partial charge in [0.05, 0.1) is 5.01 Å². The van der Waals surface area contributed by atoms with Crippen LogP contribution in [0.4, 0.5) is 0 Å². The topological polar surface area (TPSA) is 42.0 Å². The monoisotopic (exact) mass is 238 g/mol. The minimum atomic E-state index is 0.180. The zero-order valence-corrected chi connectivity index (χ0v) is 10.5. The van der Waals surface area contributed by atoms with Crippen molar-refractivity contribution < 1.29 is 4.79 Å². The Morgan fingerprint density at radius 1 is 1.56 bits per heavy atom. The second-order valence-electron chi connectivity index (χ2n) is 4.43. The number of aromatic nitrogens is 1. The Morgan fingerprint density at radius 2 is 2.31 bits per heavy atom. The number of nitrogens with zero attached hydrogens (tertiary/aromatic N) is 1. The number of aryl methyl sites for hydroxylation is 2. The molecule has 0 radical (unpaired) electrons. The van der Waals surface area contributed by atoms with E-state index < -0.39 is 0 Å². The Morgan fingerprint density at radius 3 is 2.94 bits per heavy atom. The van der Waals surface area contributed by atoms with Gasteiger partial charge in [-0.2, -0.15) is 0 Å². The molecule has 1 heterocycles. The Labute approximate surface area is 100 Å². The van der Waals surface area contributed by atoms with E-state index in [0.717, 1.165) is 30.0 Å². The van der Waals surface area contributed by atoms with Crippen LogP contribution in [0.2, 0.25) is 0 Å². The molecule has 88 valence electrons. The number of carbonyl (C=O) groups excluding carboxylic acids is 1. The van der Waals surface area contributed by atoms with Crippen LogP contribution in [0.15, 0.2) is 5.38 Å². The summed E-state index contributed by atoms with van der Waals surface area (Å²) < 4.78 is 0. The van der Waals surface area contributed by atoms with Crippen molar-refractivity contribution in [2.45, 2.75) is 51.5 Å². The molecule has 1 fully saturated rings. The second-order valence-corrected chi connectivity index (χ2v) is 5.37. The van der Waals surface area contributed by atoms with E-state index >= 15 is 0 Å². The average Bonchev–Trinajstić information content (AvgIpc) is 2.87. The van der Waals surface area contributed by atoms with Gasteiger partial charge in [-0.1, -0.05) is 12.8 Å². The molecule has 1 N–H and O–H groups in total. The van der Waals surface area contributed by atoms with Gasteiger partial charge in [-0.05, 0) is 19.8 Å². The minimum absolute atomic E-state index is 0.180. The summed E-state index contributed by atoms with van der Waals surface area (Å²) in [7, 11) is 0. The third-order valence-electron chi connectivity index (χ3n) is 2.95. The zero-order valence-electron chi connectivity index (χ0n) is 9.66. The number of carbonyl (C=O) groups is 1. The van der Waals surface area contributed by atoms with Crippen LogP contribution in [0.3, 0.4) is 0 Å². The normalized spacial score (nSPS) is 16.6. The largest absolute Gasteiger partial charge is 0.353 e. The molecule has 4 heteroatoms. The van der Waals surface area contributed by atoms with Crippen molar-refractivity contribution in [1.29, 1.82) is 0 Å². The Balaban J connectivity index is 1.71. The molecule has 1 aliphatic carbocycles. The maximum absolute atomic E-state index is 11.6. The van der Waals surface area contributed by atoms with E-state index in [9.17, 15) is 4.79 Å². The Hall–Kier alpha value is -0.900. The molecular formula is C12H18N2OS. The van der Waals surface area contributed by atoms with Crippen molar-refractivity contribution in [3.8, 4) is 0 Å². The summed E-state index contributed by atoms with van der Waals surface area (Å²) in [5.41, 5.74) is 1.05. The van der Waals surface area contributed by atoms with Crippen molar-refractivity contribution in [2.75, 3.05) is 0 Å². The Bertz CT molecular complexity index is 356. The molecule has 1 aromatic rings. The van der Waals surface area contributed by atoms with Gasteiger partial charge in [0.25, 0.3) is 0 Å². The third kappa shape index (κ3) is 3.30. The third-order valence-corrected chi connectivity index (χ3v) is 3.98. The van der Waals surface area contributed by atoms with E-state index in [1.54, 1.807) is 11.3 Å². The van der Waals surface area contributed by atoms with Gasteiger partial charge in [0.15, 0.2) is 0 Å². The van der Waals surface area contributed by atoms with Gasteiger partial charge >= 0.3 is 0 Å². The number of hydrogen-bond donors (Lipinski definition) is 1. The first-order chi connectivity index (χ1) is 7.74. The number of amides is 1. The van der Waals surface area contributed by atoms with Crippen molar-refractivity contribution in [3.05, 3.63) is 16.1 Å². The molecular weight excluding hydrogens is 220 g/mol. The van der Waals surface area contributed by atoms with Crippen LogP contribution in [0, 0.1) is 6.92 Å². The summed E-state index contributed by atoms with van der Waals surface area (Å²) in [6.07, 6.45) is 6.18. The van der Waals surface area contributed by atoms with Gasteiger partial charge in [-0.15, -0.1) is 11.3 Å². The average molecular weight is 238 g/mol. The van der Waals surface area contributed by atoms with Crippen molar-refractivity contribution in [2.24, 2.45) is 0 Å².